The molecule has 0 saturated heterocycles. The molecule has 0 aliphatic rings. The van der Waals surface area contributed by atoms with Crippen LogP contribution in [0, 0.1) is 6.20 Å². The van der Waals surface area contributed by atoms with E-state index < -0.39 is 0 Å². The topological polar surface area (TPSA) is 4.93 Å². The van der Waals surface area contributed by atoms with Gasteiger partial charge in [0.25, 0.3) is 0 Å². The number of hydrogen-bond donors (Lipinski definition) is 0. The molecular weight excluding hydrogens is 306 g/mol. The van der Waals surface area contributed by atoms with Crippen molar-refractivity contribution in [1.82, 2.24) is 4.57 Å². The summed E-state index contributed by atoms with van der Waals surface area (Å²) in [4.78, 5) is 0. The predicted molar refractivity (Wildman–Crippen MR) is 65.1 cm³/mol. The smallest absolute Gasteiger partial charge is 0.0650 e. The first-order valence-electron chi connectivity index (χ1n) is 4.18. The number of aryl methyl sites for hydroxylation is 1. The van der Waals surface area contributed by atoms with Crippen LogP contribution in [0.3, 0.4) is 0 Å². The lowest BCUT2D eigenvalue weighted by Gasteiger charge is -2.06. The van der Waals surface area contributed by atoms with Crippen LogP contribution >= 0.6 is 31.9 Å². The molecule has 2 rings (SSSR count). The van der Waals surface area contributed by atoms with Crippen LogP contribution < -0.4 is 0 Å². The van der Waals surface area contributed by atoms with Gasteiger partial charge in [-0.25, -0.2) is 0 Å². The highest BCUT2D eigenvalue weighted by atomic mass is 79.9. The SMILES string of the molecule is Cn1[c]ccc1-c1cccc(Br)c1Br. The Balaban J connectivity index is 2.63. The molecular formula is C11H8Br2N. The number of hydrogen-bond acceptors (Lipinski definition) is 0. The largest absolute Gasteiger partial charge is 0.342 e. The quantitative estimate of drug-likeness (QED) is 0.749. The van der Waals surface area contributed by atoms with Gasteiger partial charge in [-0.1, -0.05) is 12.1 Å². The molecule has 0 aliphatic carbocycles. The van der Waals surface area contributed by atoms with E-state index in [4.69, 9.17) is 0 Å². The van der Waals surface area contributed by atoms with Crippen molar-refractivity contribution >= 4 is 31.9 Å². The maximum absolute atomic E-state index is 3.56. The van der Waals surface area contributed by atoms with Gasteiger partial charge in [0, 0.05) is 27.3 Å². The normalized spacial score (nSPS) is 10.5. The molecule has 71 valence electrons. The average Bonchev–Trinajstić information content (AvgIpc) is 2.57. The summed E-state index contributed by atoms with van der Waals surface area (Å²) in [7, 11) is 1.99. The molecule has 1 heterocycles. The van der Waals surface area contributed by atoms with Gasteiger partial charge < -0.3 is 4.57 Å². The molecule has 0 saturated carbocycles. The van der Waals surface area contributed by atoms with Crippen molar-refractivity contribution in [3.63, 3.8) is 0 Å². The molecule has 3 heteroatoms. The molecule has 1 aromatic heterocycles. The van der Waals surface area contributed by atoms with Gasteiger partial charge in [-0.2, -0.15) is 0 Å². The zero-order chi connectivity index (χ0) is 10.1. The van der Waals surface area contributed by atoms with Crippen molar-refractivity contribution < 1.29 is 0 Å². The van der Waals surface area contributed by atoms with E-state index in [1.807, 2.05) is 35.9 Å². The third-order valence-corrected chi connectivity index (χ3v) is 4.15. The molecule has 1 aromatic carbocycles. The summed E-state index contributed by atoms with van der Waals surface area (Å²) >= 11 is 7.05. The Morgan fingerprint density at radius 2 is 2.00 bits per heavy atom. The van der Waals surface area contributed by atoms with Crippen LogP contribution in [-0.4, -0.2) is 4.57 Å². The zero-order valence-electron chi connectivity index (χ0n) is 7.59. The number of nitrogens with zero attached hydrogens (tertiary/aromatic N) is 1. The van der Waals surface area contributed by atoms with E-state index in [1.165, 1.54) is 5.56 Å². The van der Waals surface area contributed by atoms with Gasteiger partial charge in [0.1, 0.15) is 0 Å². The lowest BCUT2D eigenvalue weighted by atomic mass is 10.1. The molecule has 0 atom stereocenters. The Bertz CT molecular complexity index is 460. The van der Waals surface area contributed by atoms with E-state index in [1.54, 1.807) is 0 Å². The molecule has 0 bridgehead atoms. The Labute approximate surface area is 100 Å². The molecule has 14 heavy (non-hydrogen) atoms. The van der Waals surface area contributed by atoms with Crippen molar-refractivity contribution in [2.45, 2.75) is 0 Å². The Morgan fingerprint density at radius 1 is 1.21 bits per heavy atom. The fourth-order valence-electron chi connectivity index (χ4n) is 1.38. The van der Waals surface area contributed by atoms with Crippen LogP contribution in [0.1, 0.15) is 0 Å². The van der Waals surface area contributed by atoms with E-state index in [9.17, 15) is 0 Å². The molecule has 2 aromatic rings. The predicted octanol–water partition coefficient (Wildman–Crippen LogP) is 4.02. The third kappa shape index (κ3) is 1.66. The number of aromatic nitrogens is 1. The monoisotopic (exact) mass is 312 g/mol. The van der Waals surface area contributed by atoms with Crippen molar-refractivity contribution in [2.75, 3.05) is 0 Å². The molecule has 1 radical (unpaired) electrons. The van der Waals surface area contributed by atoms with Crippen molar-refractivity contribution in [2.24, 2.45) is 7.05 Å². The van der Waals surface area contributed by atoms with Gasteiger partial charge in [-0.05, 0) is 50.1 Å². The standard InChI is InChI=1S/C11H8Br2N/c1-14-7-3-6-10(14)8-4-2-5-9(12)11(8)13/h2-6H,1H3. The maximum atomic E-state index is 3.56. The van der Waals surface area contributed by atoms with Crippen molar-refractivity contribution in [1.29, 1.82) is 0 Å². The number of rotatable bonds is 1. The molecule has 0 aliphatic heterocycles. The highest BCUT2D eigenvalue weighted by molar-refractivity contribution is 9.13. The Morgan fingerprint density at radius 3 is 2.64 bits per heavy atom. The van der Waals surface area contributed by atoms with Gasteiger partial charge in [0.05, 0.1) is 6.20 Å². The van der Waals surface area contributed by atoms with E-state index in [0.29, 0.717) is 0 Å². The maximum Gasteiger partial charge on any atom is 0.0650 e. The fourth-order valence-corrected chi connectivity index (χ4v) is 2.22. The summed E-state index contributed by atoms with van der Waals surface area (Å²) in [5, 5.41) is 0. The number of halogens is 2. The first-order valence-corrected chi connectivity index (χ1v) is 5.76. The molecule has 0 fully saturated rings. The second-order valence-corrected chi connectivity index (χ2v) is 4.66. The Hall–Kier alpha value is -0.540. The summed E-state index contributed by atoms with van der Waals surface area (Å²) in [6, 6.07) is 10.1. The van der Waals surface area contributed by atoms with Crippen LogP contribution in [-0.2, 0) is 7.05 Å². The molecule has 0 amide bonds. The van der Waals surface area contributed by atoms with Crippen LogP contribution in [0.4, 0.5) is 0 Å². The lowest BCUT2D eigenvalue weighted by Crippen LogP contribution is -1.90. The highest BCUT2D eigenvalue weighted by Crippen LogP contribution is 2.33. The van der Waals surface area contributed by atoms with Gasteiger partial charge in [0.2, 0.25) is 0 Å². The summed E-state index contributed by atoms with van der Waals surface area (Å²) in [5.41, 5.74) is 2.32. The molecule has 0 unspecified atom stereocenters. The summed E-state index contributed by atoms with van der Waals surface area (Å²) in [6.07, 6.45) is 3.09. The van der Waals surface area contributed by atoms with E-state index in [0.717, 1.165) is 14.6 Å². The van der Waals surface area contributed by atoms with Gasteiger partial charge in [-0.3, -0.25) is 0 Å². The first-order chi connectivity index (χ1) is 6.70. The minimum absolute atomic E-state index is 1.07. The van der Waals surface area contributed by atoms with E-state index >= 15 is 0 Å². The second-order valence-electron chi connectivity index (χ2n) is 3.01. The minimum Gasteiger partial charge on any atom is -0.342 e. The number of benzene rings is 1. The van der Waals surface area contributed by atoms with E-state index in [2.05, 4.69) is 44.1 Å². The first kappa shape index (κ1) is 9.99. The van der Waals surface area contributed by atoms with Crippen molar-refractivity contribution in [3.05, 3.63) is 45.5 Å². The lowest BCUT2D eigenvalue weighted by molar-refractivity contribution is 0.927. The zero-order valence-corrected chi connectivity index (χ0v) is 10.8. The fraction of sp³-hybridized carbons (Fsp3) is 0.0909. The van der Waals surface area contributed by atoms with Crippen LogP contribution in [0.5, 0.6) is 0 Å². The second kappa shape index (κ2) is 3.91. The van der Waals surface area contributed by atoms with Gasteiger partial charge in [0.15, 0.2) is 0 Å². The molecule has 1 nitrogen and oxygen atoms in total. The summed E-state index contributed by atoms with van der Waals surface area (Å²) < 4.78 is 4.12. The van der Waals surface area contributed by atoms with Crippen LogP contribution in [0.2, 0.25) is 0 Å². The average molecular weight is 314 g/mol. The van der Waals surface area contributed by atoms with Gasteiger partial charge in [-0.15, -0.1) is 0 Å². The minimum atomic E-state index is 1.07. The molecule has 0 spiro atoms. The summed E-state index contributed by atoms with van der Waals surface area (Å²) in [6.45, 7) is 0. The van der Waals surface area contributed by atoms with Gasteiger partial charge >= 0.3 is 0 Å². The third-order valence-electron chi connectivity index (χ3n) is 2.10. The summed E-state index contributed by atoms with van der Waals surface area (Å²) in [5.74, 6) is 0. The highest BCUT2D eigenvalue weighted by Gasteiger charge is 2.07. The van der Waals surface area contributed by atoms with E-state index in [-0.39, 0.29) is 0 Å². The molecule has 0 N–H and O–H groups in total. The Kier molecular flexibility index (Phi) is 2.79. The van der Waals surface area contributed by atoms with Crippen molar-refractivity contribution in [3.8, 4) is 11.3 Å². The van der Waals surface area contributed by atoms with Crippen LogP contribution in [0.15, 0.2) is 39.3 Å². The van der Waals surface area contributed by atoms with Crippen LogP contribution in [0.25, 0.3) is 11.3 Å².